The predicted octanol–water partition coefficient (Wildman–Crippen LogP) is 3.62. The highest BCUT2D eigenvalue weighted by Gasteiger charge is 2.36. The Labute approximate surface area is 210 Å². The molecule has 0 saturated carbocycles. The fourth-order valence-electron chi connectivity index (χ4n) is 3.38. The van der Waals surface area contributed by atoms with Gasteiger partial charge in [0.25, 0.3) is 17.7 Å². The van der Waals surface area contributed by atoms with Crippen LogP contribution >= 0.6 is 11.6 Å². The van der Waals surface area contributed by atoms with E-state index in [0.29, 0.717) is 17.0 Å². The van der Waals surface area contributed by atoms with Crippen LogP contribution < -0.4 is 20.1 Å². The first-order valence-corrected chi connectivity index (χ1v) is 11.0. The number of nitrogens with one attached hydrogen (secondary N) is 2. The smallest absolute Gasteiger partial charge is 0.331 e. The summed E-state index contributed by atoms with van der Waals surface area (Å²) >= 11 is 6.37. The molecular weight excluding hydrogens is 490 g/mol. The number of hydrogen-bond acceptors (Lipinski definition) is 7. The third-order valence-electron chi connectivity index (χ3n) is 5.05. The van der Waals surface area contributed by atoms with Gasteiger partial charge in [-0.15, -0.1) is 0 Å². The number of amides is 5. The minimum atomic E-state index is -0.855. The van der Waals surface area contributed by atoms with Gasteiger partial charge < -0.3 is 19.2 Å². The summed E-state index contributed by atoms with van der Waals surface area (Å²) in [5, 5.41) is 4.91. The Morgan fingerprint density at radius 3 is 2.61 bits per heavy atom. The lowest BCUT2D eigenvalue weighted by atomic mass is 10.1. The molecule has 1 saturated heterocycles. The first kappa shape index (κ1) is 24.6. The summed E-state index contributed by atoms with van der Waals surface area (Å²) in [7, 11) is 1.38. The molecule has 1 aromatic heterocycles. The van der Waals surface area contributed by atoms with Gasteiger partial charge in [0, 0.05) is 5.69 Å². The summed E-state index contributed by atoms with van der Waals surface area (Å²) in [6.07, 6.45) is 2.69. The highest BCUT2D eigenvalue weighted by molar-refractivity contribution is 6.33. The minimum absolute atomic E-state index is 0.0842. The van der Waals surface area contributed by atoms with Crippen molar-refractivity contribution in [3.63, 3.8) is 0 Å². The molecule has 1 aliphatic heterocycles. The number of urea groups is 1. The SMILES string of the molecule is COc1cc(/C=C2\C(=O)NC(=O)N(Cc3ccco3)C2=O)cc(Cl)c1OCC(=O)Nc1ccccc1. The van der Waals surface area contributed by atoms with Crippen molar-refractivity contribution >= 4 is 47.1 Å². The van der Waals surface area contributed by atoms with Crippen LogP contribution in [0.1, 0.15) is 11.3 Å². The van der Waals surface area contributed by atoms with Crippen LogP contribution in [-0.2, 0) is 20.9 Å². The summed E-state index contributed by atoms with van der Waals surface area (Å²) in [6, 6.07) is 14.2. The molecule has 0 spiro atoms. The van der Waals surface area contributed by atoms with Crippen molar-refractivity contribution < 1.29 is 33.1 Å². The molecule has 11 heteroatoms. The molecule has 0 radical (unpaired) electrons. The molecule has 2 aromatic carbocycles. The van der Waals surface area contributed by atoms with Gasteiger partial charge in [-0.2, -0.15) is 0 Å². The summed E-state index contributed by atoms with van der Waals surface area (Å²) in [5.74, 6) is -1.40. The van der Waals surface area contributed by atoms with Crippen molar-refractivity contribution in [2.24, 2.45) is 0 Å². The Morgan fingerprint density at radius 1 is 1.14 bits per heavy atom. The Kier molecular flexibility index (Phi) is 7.36. The maximum atomic E-state index is 12.9. The number of carbonyl (C=O) groups excluding carboxylic acids is 4. The maximum Gasteiger partial charge on any atom is 0.331 e. The van der Waals surface area contributed by atoms with E-state index in [9.17, 15) is 19.2 Å². The lowest BCUT2D eigenvalue weighted by molar-refractivity contribution is -0.130. The average molecular weight is 510 g/mol. The molecule has 10 nitrogen and oxygen atoms in total. The van der Waals surface area contributed by atoms with Crippen molar-refractivity contribution in [3.05, 3.63) is 82.8 Å². The summed E-state index contributed by atoms with van der Waals surface area (Å²) in [5.41, 5.74) is 0.667. The fourth-order valence-corrected chi connectivity index (χ4v) is 3.66. The van der Waals surface area contributed by atoms with Gasteiger partial charge >= 0.3 is 6.03 Å². The molecular formula is C25H20ClN3O7. The van der Waals surface area contributed by atoms with Crippen molar-refractivity contribution in [3.8, 4) is 11.5 Å². The normalized spacial score (nSPS) is 14.6. The van der Waals surface area contributed by atoms with Crippen LogP contribution in [0, 0.1) is 0 Å². The Balaban J connectivity index is 1.52. The molecule has 3 aromatic rings. The number of carbonyl (C=O) groups is 4. The first-order valence-electron chi connectivity index (χ1n) is 10.6. The number of anilines is 1. The average Bonchev–Trinajstić information content (AvgIpc) is 3.37. The van der Waals surface area contributed by atoms with E-state index in [-0.39, 0.29) is 35.2 Å². The number of methoxy groups -OCH3 is 1. The molecule has 0 atom stereocenters. The van der Waals surface area contributed by atoms with E-state index in [1.54, 1.807) is 36.4 Å². The number of furan rings is 1. The molecule has 2 heterocycles. The van der Waals surface area contributed by atoms with Gasteiger partial charge in [0.05, 0.1) is 24.9 Å². The van der Waals surface area contributed by atoms with E-state index in [1.165, 1.54) is 31.6 Å². The van der Waals surface area contributed by atoms with Crippen molar-refractivity contribution in [2.45, 2.75) is 6.54 Å². The molecule has 0 aliphatic carbocycles. The molecule has 1 aliphatic rings. The highest BCUT2D eigenvalue weighted by Crippen LogP contribution is 2.37. The molecule has 184 valence electrons. The number of barbiturate groups is 1. The second-order valence-corrected chi connectivity index (χ2v) is 7.93. The lowest BCUT2D eigenvalue weighted by Gasteiger charge is -2.25. The number of hydrogen-bond donors (Lipinski definition) is 2. The third kappa shape index (κ3) is 5.56. The number of imide groups is 2. The van der Waals surface area contributed by atoms with Gasteiger partial charge in [0.15, 0.2) is 18.1 Å². The molecule has 4 rings (SSSR count). The van der Waals surface area contributed by atoms with Crippen LogP contribution in [0.25, 0.3) is 6.08 Å². The Morgan fingerprint density at radius 2 is 1.92 bits per heavy atom. The molecule has 5 amide bonds. The summed E-state index contributed by atoms with van der Waals surface area (Å²) in [4.78, 5) is 50.6. The van der Waals surface area contributed by atoms with Crippen molar-refractivity contribution in [1.29, 1.82) is 0 Å². The van der Waals surface area contributed by atoms with E-state index in [2.05, 4.69) is 10.6 Å². The Hall–Kier alpha value is -4.57. The Bertz CT molecular complexity index is 1340. The van der Waals surface area contributed by atoms with Crippen LogP contribution in [0.2, 0.25) is 5.02 Å². The molecule has 0 bridgehead atoms. The fraction of sp³-hybridized carbons (Fsp3) is 0.120. The summed E-state index contributed by atoms with van der Waals surface area (Å²) in [6.45, 7) is -0.486. The maximum absolute atomic E-state index is 12.9. The van der Waals surface area contributed by atoms with E-state index >= 15 is 0 Å². The zero-order chi connectivity index (χ0) is 25.7. The highest BCUT2D eigenvalue weighted by atomic mass is 35.5. The number of para-hydroxylation sites is 1. The zero-order valence-electron chi connectivity index (χ0n) is 18.9. The second kappa shape index (κ2) is 10.8. The van der Waals surface area contributed by atoms with Crippen LogP contribution in [-0.4, -0.2) is 42.4 Å². The molecule has 36 heavy (non-hydrogen) atoms. The number of nitrogens with zero attached hydrogens (tertiary/aromatic N) is 1. The molecule has 2 N–H and O–H groups in total. The standard InChI is InChI=1S/C25H20ClN3O7/c1-34-20-12-15(11-19(26)22(20)36-14-21(30)27-16-6-3-2-4-7-16)10-18-23(31)28-25(33)29(24(18)32)13-17-8-5-9-35-17/h2-12H,13-14H2,1H3,(H,27,30)(H,28,31,33)/b18-10+. The number of benzene rings is 2. The monoisotopic (exact) mass is 509 g/mol. The third-order valence-corrected chi connectivity index (χ3v) is 5.33. The van der Waals surface area contributed by atoms with E-state index in [0.717, 1.165) is 4.90 Å². The molecule has 0 unspecified atom stereocenters. The first-order chi connectivity index (χ1) is 17.4. The quantitative estimate of drug-likeness (QED) is 0.350. The van der Waals surface area contributed by atoms with Crippen molar-refractivity contribution in [1.82, 2.24) is 10.2 Å². The van der Waals surface area contributed by atoms with Gasteiger partial charge in [-0.25, -0.2) is 4.79 Å². The van der Waals surface area contributed by atoms with Gasteiger partial charge in [-0.3, -0.25) is 24.6 Å². The topological polar surface area (TPSA) is 127 Å². The number of ether oxygens (including phenoxy) is 2. The van der Waals surface area contributed by atoms with Crippen molar-refractivity contribution in [2.75, 3.05) is 19.0 Å². The largest absolute Gasteiger partial charge is 0.493 e. The van der Waals surface area contributed by atoms with Crippen LogP contribution in [0.15, 0.2) is 70.9 Å². The van der Waals surface area contributed by atoms with E-state index < -0.39 is 23.8 Å². The van der Waals surface area contributed by atoms with Crippen LogP contribution in [0.5, 0.6) is 11.5 Å². The number of halogens is 1. The van der Waals surface area contributed by atoms with Gasteiger partial charge in [-0.05, 0) is 48.0 Å². The van der Waals surface area contributed by atoms with E-state index in [4.69, 9.17) is 25.5 Å². The van der Waals surface area contributed by atoms with Gasteiger partial charge in [0.1, 0.15) is 11.3 Å². The van der Waals surface area contributed by atoms with E-state index in [1.807, 2.05) is 6.07 Å². The molecule has 1 fully saturated rings. The van der Waals surface area contributed by atoms with Crippen LogP contribution in [0.3, 0.4) is 0 Å². The minimum Gasteiger partial charge on any atom is -0.493 e. The summed E-state index contributed by atoms with van der Waals surface area (Å²) < 4.78 is 16.1. The van der Waals surface area contributed by atoms with Gasteiger partial charge in [0.2, 0.25) is 0 Å². The predicted molar refractivity (Wildman–Crippen MR) is 129 cm³/mol. The van der Waals surface area contributed by atoms with Gasteiger partial charge in [-0.1, -0.05) is 29.8 Å². The van der Waals surface area contributed by atoms with Crippen LogP contribution in [0.4, 0.5) is 10.5 Å². The second-order valence-electron chi connectivity index (χ2n) is 7.52. The zero-order valence-corrected chi connectivity index (χ0v) is 19.7. The lowest BCUT2D eigenvalue weighted by Crippen LogP contribution is -2.53. The number of rotatable bonds is 8.